The predicted octanol–water partition coefficient (Wildman–Crippen LogP) is 5.16. The van der Waals surface area contributed by atoms with Gasteiger partial charge in [-0.05, 0) is 53.8 Å². The third kappa shape index (κ3) is 5.40. The maximum Gasteiger partial charge on any atom is 0.304 e. The van der Waals surface area contributed by atoms with Crippen molar-refractivity contribution in [3.05, 3.63) is 71.3 Å². The number of carboxylic acid groups (broad SMARTS) is 1. The lowest BCUT2D eigenvalue weighted by molar-refractivity contribution is -0.159. The number of allylic oxidation sites excluding steroid dienone is 1. The fourth-order valence-corrected chi connectivity index (χ4v) is 4.25. The first-order chi connectivity index (χ1) is 15.6. The maximum atomic E-state index is 11.1. The summed E-state index contributed by atoms with van der Waals surface area (Å²) in [6.07, 6.45) is 4.84. The van der Waals surface area contributed by atoms with Crippen molar-refractivity contribution in [3.8, 4) is 17.6 Å². The summed E-state index contributed by atoms with van der Waals surface area (Å²) < 4.78 is 17.6. The standard InChI is InChI=1S/C27H28O5/c1-2-4-23(18-26(28)29)21-7-9-25(10-8-21)30-19-20-5-3-6-24(17-20)22-11-13-27(14-12-22)31-15-16-32-27/h3,5-11,17,23H,12-16,18-19H2,1H3,(H,28,29)/t23-/m1/s1. The van der Waals surface area contributed by atoms with Crippen LogP contribution in [0.3, 0.4) is 0 Å². The van der Waals surface area contributed by atoms with Gasteiger partial charge in [-0.15, -0.1) is 5.92 Å². The van der Waals surface area contributed by atoms with Gasteiger partial charge in [0, 0.05) is 12.8 Å². The van der Waals surface area contributed by atoms with Gasteiger partial charge < -0.3 is 19.3 Å². The Morgan fingerprint density at radius 2 is 1.97 bits per heavy atom. The molecule has 2 aliphatic rings. The molecule has 5 heteroatoms. The summed E-state index contributed by atoms with van der Waals surface area (Å²) in [5, 5.41) is 9.10. The van der Waals surface area contributed by atoms with Crippen LogP contribution in [0.15, 0.2) is 54.6 Å². The summed E-state index contributed by atoms with van der Waals surface area (Å²) in [4.78, 5) is 11.1. The van der Waals surface area contributed by atoms with Crippen molar-refractivity contribution in [1.29, 1.82) is 0 Å². The molecule has 32 heavy (non-hydrogen) atoms. The Labute approximate surface area is 189 Å². The van der Waals surface area contributed by atoms with Gasteiger partial charge in [-0.25, -0.2) is 0 Å². The van der Waals surface area contributed by atoms with Crippen LogP contribution in [0.2, 0.25) is 0 Å². The Balaban J connectivity index is 1.37. The number of hydrogen-bond acceptors (Lipinski definition) is 4. The smallest absolute Gasteiger partial charge is 0.304 e. The van der Waals surface area contributed by atoms with E-state index in [-0.39, 0.29) is 12.3 Å². The van der Waals surface area contributed by atoms with Gasteiger partial charge in [0.2, 0.25) is 0 Å². The van der Waals surface area contributed by atoms with Crippen molar-refractivity contribution < 1.29 is 24.1 Å². The molecule has 0 saturated carbocycles. The van der Waals surface area contributed by atoms with E-state index in [0.29, 0.717) is 19.8 Å². The molecular formula is C27H28O5. The van der Waals surface area contributed by atoms with E-state index in [4.69, 9.17) is 19.3 Å². The molecule has 2 aromatic rings. The summed E-state index contributed by atoms with van der Waals surface area (Å²) in [6, 6.07) is 16.0. The topological polar surface area (TPSA) is 65.0 Å². The van der Waals surface area contributed by atoms with Crippen LogP contribution in [-0.2, 0) is 20.9 Å². The van der Waals surface area contributed by atoms with Crippen molar-refractivity contribution >= 4 is 11.5 Å². The maximum absolute atomic E-state index is 11.1. The zero-order valence-electron chi connectivity index (χ0n) is 18.3. The second kappa shape index (κ2) is 10.0. The zero-order chi connectivity index (χ0) is 22.4. The number of benzene rings is 2. The lowest BCUT2D eigenvalue weighted by Gasteiger charge is -2.30. The van der Waals surface area contributed by atoms with Crippen LogP contribution < -0.4 is 4.74 Å². The molecule has 0 aromatic heterocycles. The van der Waals surface area contributed by atoms with E-state index in [9.17, 15) is 4.79 Å². The SMILES string of the molecule is CC#C[C@H](CC(=O)O)c1ccc(OCc2cccc(C3=CCC4(CC3)OCCO4)c2)cc1. The number of ether oxygens (including phenoxy) is 3. The fraction of sp³-hybridized carbons (Fsp3) is 0.370. The Hall–Kier alpha value is -3.07. The van der Waals surface area contributed by atoms with Gasteiger partial charge in [0.05, 0.1) is 25.6 Å². The van der Waals surface area contributed by atoms with Gasteiger partial charge in [-0.2, -0.15) is 0 Å². The predicted molar refractivity (Wildman–Crippen MR) is 122 cm³/mol. The highest BCUT2D eigenvalue weighted by molar-refractivity contribution is 5.69. The summed E-state index contributed by atoms with van der Waals surface area (Å²) in [7, 11) is 0. The Bertz CT molecular complexity index is 1040. The molecule has 166 valence electrons. The Morgan fingerprint density at radius 1 is 1.19 bits per heavy atom. The first-order valence-electron chi connectivity index (χ1n) is 11.0. The number of aliphatic carboxylic acids is 1. The molecule has 1 spiro atoms. The summed E-state index contributed by atoms with van der Waals surface area (Å²) >= 11 is 0. The number of carboxylic acids is 1. The Kier molecular flexibility index (Phi) is 6.94. The van der Waals surface area contributed by atoms with E-state index in [1.165, 1.54) is 11.1 Å². The van der Waals surface area contributed by atoms with Crippen LogP contribution in [0.1, 0.15) is 55.2 Å². The molecule has 1 saturated heterocycles. The number of hydrogen-bond donors (Lipinski definition) is 1. The van der Waals surface area contributed by atoms with Crippen molar-refractivity contribution in [2.75, 3.05) is 13.2 Å². The Morgan fingerprint density at radius 3 is 2.62 bits per heavy atom. The molecule has 2 aromatic carbocycles. The zero-order valence-corrected chi connectivity index (χ0v) is 18.3. The van der Waals surface area contributed by atoms with Gasteiger partial charge in [0.1, 0.15) is 12.4 Å². The quantitative estimate of drug-likeness (QED) is 0.613. The third-order valence-corrected chi connectivity index (χ3v) is 5.93. The van der Waals surface area contributed by atoms with Crippen molar-refractivity contribution in [2.24, 2.45) is 0 Å². The van der Waals surface area contributed by atoms with E-state index < -0.39 is 11.8 Å². The first-order valence-corrected chi connectivity index (χ1v) is 11.0. The monoisotopic (exact) mass is 432 g/mol. The van der Waals surface area contributed by atoms with Gasteiger partial charge in [0.25, 0.3) is 0 Å². The summed E-state index contributed by atoms with van der Waals surface area (Å²) in [5.41, 5.74) is 4.52. The average molecular weight is 433 g/mol. The van der Waals surface area contributed by atoms with Gasteiger partial charge >= 0.3 is 5.97 Å². The highest BCUT2D eigenvalue weighted by atomic mass is 16.7. The number of carbonyl (C=O) groups is 1. The first kappa shape index (κ1) is 22.1. The fourth-order valence-electron chi connectivity index (χ4n) is 4.25. The molecule has 1 N–H and O–H groups in total. The molecule has 0 amide bonds. The molecule has 1 aliphatic carbocycles. The molecule has 1 heterocycles. The van der Waals surface area contributed by atoms with E-state index in [0.717, 1.165) is 36.1 Å². The van der Waals surface area contributed by atoms with Crippen LogP contribution in [-0.4, -0.2) is 30.1 Å². The minimum absolute atomic E-state index is 0.0109. The minimum Gasteiger partial charge on any atom is -0.489 e. The number of rotatable bonds is 7. The largest absolute Gasteiger partial charge is 0.489 e. The van der Waals surface area contributed by atoms with E-state index in [1.54, 1.807) is 6.92 Å². The third-order valence-electron chi connectivity index (χ3n) is 5.93. The van der Waals surface area contributed by atoms with E-state index in [1.807, 2.05) is 24.3 Å². The molecule has 1 aliphatic heterocycles. The van der Waals surface area contributed by atoms with Crippen molar-refractivity contribution in [1.82, 2.24) is 0 Å². The average Bonchev–Trinajstić information content (AvgIpc) is 3.26. The van der Waals surface area contributed by atoms with Crippen LogP contribution in [0.5, 0.6) is 5.75 Å². The highest BCUT2D eigenvalue weighted by Gasteiger charge is 2.37. The molecule has 0 radical (unpaired) electrons. The van der Waals surface area contributed by atoms with Crippen LogP contribution in [0.4, 0.5) is 0 Å². The molecule has 0 unspecified atom stereocenters. The molecule has 4 rings (SSSR count). The molecule has 5 nitrogen and oxygen atoms in total. The van der Waals surface area contributed by atoms with Gasteiger partial charge in [0.15, 0.2) is 5.79 Å². The van der Waals surface area contributed by atoms with Crippen LogP contribution >= 0.6 is 0 Å². The van der Waals surface area contributed by atoms with Crippen LogP contribution in [0.25, 0.3) is 5.57 Å². The second-order valence-corrected chi connectivity index (χ2v) is 8.14. The summed E-state index contributed by atoms with van der Waals surface area (Å²) in [5.74, 6) is 4.96. The van der Waals surface area contributed by atoms with Crippen molar-refractivity contribution in [3.63, 3.8) is 0 Å². The normalized spacial score (nSPS) is 17.8. The van der Waals surface area contributed by atoms with Gasteiger partial charge in [-0.1, -0.05) is 42.3 Å². The minimum atomic E-state index is -0.857. The van der Waals surface area contributed by atoms with E-state index in [2.05, 4.69) is 42.2 Å². The van der Waals surface area contributed by atoms with Crippen LogP contribution in [0, 0.1) is 11.8 Å². The molecule has 0 bridgehead atoms. The lowest BCUT2D eigenvalue weighted by Crippen LogP contribution is -2.31. The lowest BCUT2D eigenvalue weighted by atomic mass is 9.89. The highest BCUT2D eigenvalue weighted by Crippen LogP contribution is 2.38. The molecule has 1 atom stereocenters. The molecular weight excluding hydrogens is 404 g/mol. The summed E-state index contributed by atoms with van der Waals surface area (Å²) in [6.45, 7) is 3.55. The molecule has 1 fully saturated rings. The van der Waals surface area contributed by atoms with Gasteiger partial charge in [-0.3, -0.25) is 4.79 Å². The van der Waals surface area contributed by atoms with Crippen molar-refractivity contribution in [2.45, 2.75) is 50.9 Å². The second-order valence-electron chi connectivity index (χ2n) is 8.14. The van der Waals surface area contributed by atoms with E-state index >= 15 is 0 Å².